The van der Waals surface area contributed by atoms with Gasteiger partial charge in [0.25, 0.3) is 0 Å². The summed E-state index contributed by atoms with van der Waals surface area (Å²) in [6.45, 7) is 12.9. The second kappa shape index (κ2) is 6.15. The van der Waals surface area contributed by atoms with E-state index < -0.39 is 0 Å². The molecule has 17 heavy (non-hydrogen) atoms. The Morgan fingerprint density at radius 2 is 1.88 bits per heavy atom. The highest BCUT2D eigenvalue weighted by molar-refractivity contribution is 4.86. The minimum Gasteiger partial charge on any atom is -0.425 e. The zero-order valence-corrected chi connectivity index (χ0v) is 11.7. The van der Waals surface area contributed by atoms with Crippen molar-refractivity contribution in [2.24, 2.45) is 11.3 Å². The highest BCUT2D eigenvalue weighted by atomic mass is 16.4. The van der Waals surface area contributed by atoms with Crippen molar-refractivity contribution >= 4 is 0 Å². The van der Waals surface area contributed by atoms with E-state index in [4.69, 9.17) is 4.42 Å². The van der Waals surface area contributed by atoms with Crippen LogP contribution in [0.15, 0.2) is 4.42 Å². The molecule has 0 aliphatic heterocycles. The molecule has 0 bridgehead atoms. The van der Waals surface area contributed by atoms with Gasteiger partial charge in [0, 0.05) is 19.4 Å². The fraction of sp³-hybridized carbons (Fsp3) is 0.846. The van der Waals surface area contributed by atoms with Gasteiger partial charge >= 0.3 is 0 Å². The van der Waals surface area contributed by atoms with Crippen LogP contribution in [0.5, 0.6) is 0 Å². The number of likely N-dealkylation sites (N-methyl/N-ethyl adjacent to an activating group) is 1. The van der Waals surface area contributed by atoms with E-state index in [0.717, 1.165) is 37.7 Å². The predicted molar refractivity (Wildman–Crippen MR) is 68.9 cm³/mol. The average Bonchev–Trinajstić information content (AvgIpc) is 2.65. The Kier molecular flexibility index (Phi) is 5.12. The van der Waals surface area contributed by atoms with Crippen LogP contribution in [0.25, 0.3) is 0 Å². The van der Waals surface area contributed by atoms with Gasteiger partial charge in [-0.05, 0) is 17.9 Å². The van der Waals surface area contributed by atoms with Gasteiger partial charge < -0.3 is 9.73 Å². The van der Waals surface area contributed by atoms with E-state index in [9.17, 15) is 0 Å². The molecule has 1 unspecified atom stereocenters. The molecule has 1 aromatic heterocycles. The number of nitrogens with one attached hydrogen (secondary N) is 1. The van der Waals surface area contributed by atoms with Crippen LogP contribution in [-0.2, 0) is 12.8 Å². The molecule has 0 aliphatic rings. The maximum Gasteiger partial charge on any atom is 0.217 e. The van der Waals surface area contributed by atoms with Crippen molar-refractivity contribution in [3.8, 4) is 0 Å². The van der Waals surface area contributed by atoms with E-state index in [2.05, 4.69) is 50.1 Å². The Morgan fingerprint density at radius 3 is 2.47 bits per heavy atom. The SMILES string of the molecule is CCNCCc1nnc(CC(C)C(C)(C)C)o1. The van der Waals surface area contributed by atoms with Crippen LogP contribution in [-0.4, -0.2) is 23.3 Å². The van der Waals surface area contributed by atoms with Crippen molar-refractivity contribution in [1.82, 2.24) is 15.5 Å². The van der Waals surface area contributed by atoms with Gasteiger partial charge in [-0.25, -0.2) is 0 Å². The molecule has 0 aliphatic carbocycles. The van der Waals surface area contributed by atoms with E-state index >= 15 is 0 Å². The van der Waals surface area contributed by atoms with Gasteiger partial charge in [-0.3, -0.25) is 0 Å². The Balaban J connectivity index is 2.45. The number of hydrogen-bond donors (Lipinski definition) is 1. The lowest BCUT2D eigenvalue weighted by Gasteiger charge is -2.25. The number of aromatic nitrogens is 2. The molecule has 1 aromatic rings. The fourth-order valence-corrected chi connectivity index (χ4v) is 1.41. The fourth-order valence-electron chi connectivity index (χ4n) is 1.41. The molecule has 0 saturated carbocycles. The molecular formula is C13H25N3O. The molecule has 4 heteroatoms. The van der Waals surface area contributed by atoms with Crippen molar-refractivity contribution in [3.63, 3.8) is 0 Å². The maximum atomic E-state index is 5.63. The largest absolute Gasteiger partial charge is 0.425 e. The number of nitrogens with zero attached hydrogens (tertiary/aromatic N) is 2. The van der Waals surface area contributed by atoms with Crippen LogP contribution in [0.1, 0.15) is 46.4 Å². The van der Waals surface area contributed by atoms with Crippen LogP contribution in [0.2, 0.25) is 0 Å². The predicted octanol–water partition coefficient (Wildman–Crippen LogP) is 2.45. The van der Waals surface area contributed by atoms with Gasteiger partial charge in [-0.2, -0.15) is 0 Å². The summed E-state index contributed by atoms with van der Waals surface area (Å²) in [5.74, 6) is 2.03. The maximum absolute atomic E-state index is 5.63. The third-order valence-corrected chi connectivity index (χ3v) is 3.23. The number of rotatable bonds is 6. The van der Waals surface area contributed by atoms with Crippen molar-refractivity contribution in [3.05, 3.63) is 11.8 Å². The lowest BCUT2D eigenvalue weighted by atomic mass is 9.80. The lowest BCUT2D eigenvalue weighted by molar-refractivity contribution is 0.243. The summed E-state index contributed by atoms with van der Waals surface area (Å²) in [6.07, 6.45) is 1.67. The molecule has 0 radical (unpaired) electrons. The van der Waals surface area contributed by atoms with E-state index in [1.165, 1.54) is 0 Å². The second-order valence-electron chi connectivity index (χ2n) is 5.66. The zero-order valence-electron chi connectivity index (χ0n) is 11.7. The third kappa shape index (κ3) is 4.86. The summed E-state index contributed by atoms with van der Waals surface area (Å²) in [7, 11) is 0. The van der Waals surface area contributed by atoms with Gasteiger partial charge in [0.15, 0.2) is 0 Å². The summed E-state index contributed by atoms with van der Waals surface area (Å²) in [5, 5.41) is 11.4. The van der Waals surface area contributed by atoms with Gasteiger partial charge in [-0.15, -0.1) is 10.2 Å². The normalized spacial score (nSPS) is 13.9. The minimum atomic E-state index is 0.276. The molecule has 4 nitrogen and oxygen atoms in total. The highest BCUT2D eigenvalue weighted by Gasteiger charge is 2.22. The van der Waals surface area contributed by atoms with Crippen molar-refractivity contribution in [1.29, 1.82) is 0 Å². The quantitative estimate of drug-likeness (QED) is 0.775. The Labute approximate surface area is 104 Å². The van der Waals surface area contributed by atoms with Crippen LogP contribution in [0.4, 0.5) is 0 Å². The van der Waals surface area contributed by atoms with Crippen LogP contribution >= 0.6 is 0 Å². The first-order valence-corrected chi connectivity index (χ1v) is 6.45. The summed E-state index contributed by atoms with van der Waals surface area (Å²) in [4.78, 5) is 0. The third-order valence-electron chi connectivity index (χ3n) is 3.23. The molecule has 0 fully saturated rings. The molecular weight excluding hydrogens is 214 g/mol. The van der Waals surface area contributed by atoms with Gasteiger partial charge in [-0.1, -0.05) is 34.6 Å². The Bertz CT molecular complexity index is 328. The summed E-state index contributed by atoms with van der Waals surface area (Å²) < 4.78 is 5.63. The summed E-state index contributed by atoms with van der Waals surface area (Å²) in [5.41, 5.74) is 0.276. The second-order valence-corrected chi connectivity index (χ2v) is 5.66. The molecule has 0 saturated heterocycles. The van der Waals surface area contributed by atoms with Crippen LogP contribution < -0.4 is 5.32 Å². The zero-order chi connectivity index (χ0) is 12.9. The summed E-state index contributed by atoms with van der Waals surface area (Å²) in [6, 6.07) is 0. The molecule has 1 heterocycles. The smallest absolute Gasteiger partial charge is 0.217 e. The van der Waals surface area contributed by atoms with Gasteiger partial charge in [0.2, 0.25) is 11.8 Å². The summed E-state index contributed by atoms with van der Waals surface area (Å²) >= 11 is 0. The molecule has 0 amide bonds. The Morgan fingerprint density at radius 1 is 1.24 bits per heavy atom. The highest BCUT2D eigenvalue weighted by Crippen LogP contribution is 2.27. The van der Waals surface area contributed by atoms with E-state index in [1.807, 2.05) is 0 Å². The average molecular weight is 239 g/mol. The standard InChI is InChI=1S/C13H25N3O/c1-6-14-8-7-11-15-16-12(17-11)9-10(2)13(3,4)5/h10,14H,6-9H2,1-5H3. The molecule has 0 aromatic carbocycles. The van der Waals surface area contributed by atoms with Gasteiger partial charge in [0.05, 0.1) is 0 Å². The van der Waals surface area contributed by atoms with E-state index in [1.54, 1.807) is 0 Å². The molecule has 0 spiro atoms. The van der Waals surface area contributed by atoms with Crippen molar-refractivity contribution in [2.75, 3.05) is 13.1 Å². The van der Waals surface area contributed by atoms with Gasteiger partial charge in [0.1, 0.15) is 0 Å². The first-order valence-electron chi connectivity index (χ1n) is 6.45. The molecule has 1 rings (SSSR count). The topological polar surface area (TPSA) is 51.0 Å². The van der Waals surface area contributed by atoms with Crippen LogP contribution in [0.3, 0.4) is 0 Å². The molecule has 1 atom stereocenters. The molecule has 98 valence electrons. The van der Waals surface area contributed by atoms with Crippen molar-refractivity contribution < 1.29 is 4.42 Å². The van der Waals surface area contributed by atoms with Crippen molar-refractivity contribution in [2.45, 2.75) is 47.5 Å². The lowest BCUT2D eigenvalue weighted by Crippen LogP contribution is -2.19. The van der Waals surface area contributed by atoms with E-state index in [-0.39, 0.29) is 5.41 Å². The monoisotopic (exact) mass is 239 g/mol. The van der Waals surface area contributed by atoms with E-state index in [0.29, 0.717) is 5.92 Å². The van der Waals surface area contributed by atoms with Crippen LogP contribution in [0, 0.1) is 11.3 Å². The molecule has 1 N–H and O–H groups in total. The minimum absolute atomic E-state index is 0.276. The first-order chi connectivity index (χ1) is 7.93. The number of hydrogen-bond acceptors (Lipinski definition) is 4. The first kappa shape index (κ1) is 14.2. The Hall–Kier alpha value is -0.900.